The van der Waals surface area contributed by atoms with Crippen molar-refractivity contribution in [3.63, 3.8) is 0 Å². The minimum absolute atomic E-state index is 0. The van der Waals surface area contributed by atoms with Crippen LogP contribution in [0.15, 0.2) is 35.0 Å². The molecule has 0 spiro atoms. The van der Waals surface area contributed by atoms with Crippen LogP contribution < -0.4 is 0 Å². The molecule has 5 heteroatoms. The van der Waals surface area contributed by atoms with E-state index in [4.69, 9.17) is 10.3 Å². The van der Waals surface area contributed by atoms with Gasteiger partial charge in [0.1, 0.15) is 0 Å². The molecule has 1 aromatic carbocycles. The summed E-state index contributed by atoms with van der Waals surface area (Å²) in [6.45, 7) is 2.74. The summed E-state index contributed by atoms with van der Waals surface area (Å²) < 4.78 is 5.09. The molecule has 0 saturated carbocycles. The van der Waals surface area contributed by atoms with Gasteiger partial charge in [0.2, 0.25) is 0 Å². The summed E-state index contributed by atoms with van der Waals surface area (Å²) in [6.07, 6.45) is 3.05. The molecule has 1 aromatic rings. The molecular weight excluding hydrogens is 303 g/mol. The van der Waals surface area contributed by atoms with Crippen molar-refractivity contribution >= 4 is 11.8 Å². The Bertz CT molecular complexity index is 409. The number of benzene rings is 1. The number of rotatable bonds is 5. The van der Waals surface area contributed by atoms with Gasteiger partial charge in [0, 0.05) is 50.4 Å². The van der Waals surface area contributed by atoms with Crippen molar-refractivity contribution in [1.82, 2.24) is 0 Å². The van der Waals surface area contributed by atoms with E-state index in [-0.39, 0.29) is 40.1 Å². The standard InChI is InChI=1S/C12H15N3O.CH3.Y/c1-3-10(9-16-2)8-11-4-6-12(7-5-11)14-15-13;;/h4-8H,3,9H2,1-2H3;1H3;/q;-1;/b10-8+;;. The normalized spacial score (nSPS) is 9.78. The number of nitrogens with zero attached hydrogens (tertiary/aromatic N) is 3. The van der Waals surface area contributed by atoms with E-state index in [9.17, 15) is 0 Å². The Hall–Kier alpha value is -0.666. The van der Waals surface area contributed by atoms with E-state index >= 15 is 0 Å². The molecule has 4 nitrogen and oxygen atoms in total. The van der Waals surface area contributed by atoms with E-state index in [1.165, 1.54) is 5.57 Å². The Morgan fingerprint density at radius 2 is 2.00 bits per heavy atom. The van der Waals surface area contributed by atoms with Crippen molar-refractivity contribution in [2.24, 2.45) is 5.11 Å². The van der Waals surface area contributed by atoms with Crippen LogP contribution in [0.5, 0.6) is 0 Å². The largest absolute Gasteiger partial charge is 0.380 e. The van der Waals surface area contributed by atoms with Gasteiger partial charge in [-0.25, -0.2) is 0 Å². The van der Waals surface area contributed by atoms with E-state index in [1.54, 1.807) is 19.2 Å². The van der Waals surface area contributed by atoms with Crippen LogP contribution in [-0.4, -0.2) is 13.7 Å². The zero-order valence-corrected chi connectivity index (χ0v) is 14.0. The molecular formula is C13H18N3OY-. The fraction of sp³-hybridized carbons (Fsp3) is 0.308. The molecule has 0 bridgehead atoms. The molecule has 1 rings (SSSR count). The monoisotopic (exact) mass is 321 g/mol. The average Bonchev–Trinajstić information content (AvgIpc) is 2.31. The summed E-state index contributed by atoms with van der Waals surface area (Å²) >= 11 is 0. The predicted molar refractivity (Wildman–Crippen MR) is 71.8 cm³/mol. The molecule has 0 saturated heterocycles. The van der Waals surface area contributed by atoms with Crippen LogP contribution in [0.3, 0.4) is 0 Å². The maximum atomic E-state index is 8.27. The first-order chi connectivity index (χ1) is 7.80. The molecule has 0 unspecified atom stereocenters. The maximum absolute atomic E-state index is 8.27. The van der Waals surface area contributed by atoms with Crippen LogP contribution in [-0.2, 0) is 37.4 Å². The second kappa shape index (κ2) is 11.4. The fourth-order valence-electron chi connectivity index (χ4n) is 1.36. The van der Waals surface area contributed by atoms with Gasteiger partial charge in [-0.3, -0.25) is 0 Å². The molecule has 0 heterocycles. The van der Waals surface area contributed by atoms with Crippen LogP contribution >= 0.6 is 0 Å². The fourth-order valence-corrected chi connectivity index (χ4v) is 1.36. The Morgan fingerprint density at radius 1 is 1.39 bits per heavy atom. The first-order valence-corrected chi connectivity index (χ1v) is 5.13. The number of azide groups is 1. The zero-order chi connectivity index (χ0) is 11.8. The van der Waals surface area contributed by atoms with Crippen molar-refractivity contribution in [3.8, 4) is 0 Å². The van der Waals surface area contributed by atoms with Crippen molar-refractivity contribution in [2.45, 2.75) is 13.3 Å². The summed E-state index contributed by atoms with van der Waals surface area (Å²) in [4.78, 5) is 2.73. The SMILES string of the molecule is CC/C(=C\c1ccc(N=[N+]=[N-])cc1)COC.[CH3-].[Y]. The van der Waals surface area contributed by atoms with Gasteiger partial charge in [0.25, 0.3) is 0 Å². The number of hydrogen-bond acceptors (Lipinski definition) is 2. The summed E-state index contributed by atoms with van der Waals surface area (Å²) in [6, 6.07) is 7.45. The Balaban J connectivity index is 0. The number of ether oxygens (including phenoxy) is 1. The smallest absolute Gasteiger partial charge is 0.0676 e. The van der Waals surface area contributed by atoms with Crippen LogP contribution in [0.2, 0.25) is 0 Å². The minimum atomic E-state index is 0. The average molecular weight is 321 g/mol. The van der Waals surface area contributed by atoms with Crippen molar-refractivity contribution < 1.29 is 37.4 Å². The van der Waals surface area contributed by atoms with Gasteiger partial charge in [0.15, 0.2) is 0 Å². The topological polar surface area (TPSA) is 58.0 Å². The minimum Gasteiger partial charge on any atom is -0.380 e. The molecule has 18 heavy (non-hydrogen) atoms. The van der Waals surface area contributed by atoms with Gasteiger partial charge in [-0.1, -0.05) is 42.4 Å². The Kier molecular flexibility index (Phi) is 12.5. The van der Waals surface area contributed by atoms with Crippen molar-refractivity contribution in [2.75, 3.05) is 13.7 Å². The summed E-state index contributed by atoms with van der Waals surface area (Å²) in [5.74, 6) is 0. The predicted octanol–water partition coefficient (Wildman–Crippen LogP) is 4.52. The molecule has 1 radical (unpaired) electrons. The number of hydrogen-bond donors (Lipinski definition) is 0. The van der Waals surface area contributed by atoms with Gasteiger partial charge in [-0.05, 0) is 23.1 Å². The third-order valence-corrected chi connectivity index (χ3v) is 2.21. The molecule has 0 amide bonds. The van der Waals surface area contributed by atoms with E-state index in [2.05, 4.69) is 23.0 Å². The molecule has 0 aliphatic rings. The third-order valence-electron chi connectivity index (χ3n) is 2.21. The van der Waals surface area contributed by atoms with E-state index in [0.717, 1.165) is 12.0 Å². The zero-order valence-electron chi connectivity index (χ0n) is 11.1. The van der Waals surface area contributed by atoms with Crippen molar-refractivity contribution in [1.29, 1.82) is 0 Å². The second-order valence-corrected chi connectivity index (χ2v) is 3.37. The quantitative estimate of drug-likeness (QED) is 0.340. The summed E-state index contributed by atoms with van der Waals surface area (Å²) in [5.41, 5.74) is 11.2. The summed E-state index contributed by atoms with van der Waals surface area (Å²) in [7, 11) is 1.69. The first kappa shape index (κ1) is 19.7. The van der Waals surface area contributed by atoms with Crippen LogP contribution in [0.4, 0.5) is 5.69 Å². The number of methoxy groups -OCH3 is 1. The van der Waals surface area contributed by atoms with Gasteiger partial charge in [0.05, 0.1) is 6.61 Å². The molecule has 0 aliphatic carbocycles. The maximum Gasteiger partial charge on any atom is 0.0676 e. The molecule has 0 atom stereocenters. The Labute approximate surface area is 134 Å². The van der Waals surface area contributed by atoms with E-state index in [1.807, 2.05) is 12.1 Å². The van der Waals surface area contributed by atoms with E-state index in [0.29, 0.717) is 12.3 Å². The van der Waals surface area contributed by atoms with Gasteiger partial charge >= 0.3 is 0 Å². The molecule has 0 N–H and O–H groups in total. The van der Waals surface area contributed by atoms with E-state index < -0.39 is 0 Å². The molecule has 0 aliphatic heterocycles. The van der Waals surface area contributed by atoms with Gasteiger partial charge in [-0.2, -0.15) is 0 Å². The van der Waals surface area contributed by atoms with Crippen LogP contribution in [0.1, 0.15) is 18.9 Å². The van der Waals surface area contributed by atoms with Crippen molar-refractivity contribution in [3.05, 3.63) is 53.3 Å². The van der Waals surface area contributed by atoms with Gasteiger partial charge in [-0.15, -0.1) is 0 Å². The molecule has 95 valence electrons. The first-order valence-electron chi connectivity index (χ1n) is 5.13. The Morgan fingerprint density at radius 3 is 2.44 bits per heavy atom. The van der Waals surface area contributed by atoms with Gasteiger partial charge < -0.3 is 12.2 Å². The molecule has 0 fully saturated rings. The second-order valence-electron chi connectivity index (χ2n) is 3.37. The third kappa shape index (κ3) is 6.92. The van der Waals surface area contributed by atoms with Crippen LogP contribution in [0.25, 0.3) is 16.5 Å². The molecule has 0 aromatic heterocycles. The van der Waals surface area contributed by atoms with Crippen LogP contribution in [0, 0.1) is 7.43 Å². The summed E-state index contributed by atoms with van der Waals surface area (Å²) in [5, 5.41) is 3.52.